The van der Waals surface area contributed by atoms with Crippen LogP contribution >= 0.6 is 0 Å². The van der Waals surface area contributed by atoms with Crippen molar-refractivity contribution in [2.45, 2.75) is 26.3 Å². The SMILES string of the molecule is CC1(C)CC1n1cnc2cccc(C(=O)O)c21. The van der Waals surface area contributed by atoms with Crippen LogP contribution < -0.4 is 0 Å². The molecule has 1 N–H and O–H groups in total. The summed E-state index contributed by atoms with van der Waals surface area (Å²) < 4.78 is 2.01. The number of carboxylic acid groups (broad SMARTS) is 1. The Morgan fingerprint density at radius 3 is 2.82 bits per heavy atom. The van der Waals surface area contributed by atoms with Gasteiger partial charge in [-0.05, 0) is 24.0 Å². The minimum Gasteiger partial charge on any atom is -0.478 e. The van der Waals surface area contributed by atoms with Crippen molar-refractivity contribution in [3.63, 3.8) is 0 Å². The fourth-order valence-electron chi connectivity index (χ4n) is 2.41. The Hall–Kier alpha value is -1.84. The van der Waals surface area contributed by atoms with Crippen molar-refractivity contribution in [2.75, 3.05) is 0 Å². The lowest BCUT2D eigenvalue weighted by atomic mass is 10.1. The van der Waals surface area contributed by atoms with E-state index in [2.05, 4.69) is 18.8 Å². The van der Waals surface area contributed by atoms with Crippen LogP contribution in [0.2, 0.25) is 0 Å². The van der Waals surface area contributed by atoms with E-state index in [9.17, 15) is 9.90 Å². The van der Waals surface area contributed by atoms with Gasteiger partial charge < -0.3 is 9.67 Å². The van der Waals surface area contributed by atoms with E-state index in [0.29, 0.717) is 11.6 Å². The highest BCUT2D eigenvalue weighted by atomic mass is 16.4. The molecule has 88 valence electrons. The first-order valence-electron chi connectivity index (χ1n) is 5.69. The number of aromatic nitrogens is 2. The van der Waals surface area contributed by atoms with Gasteiger partial charge in [0, 0.05) is 6.04 Å². The predicted octanol–water partition coefficient (Wildman–Crippen LogP) is 2.71. The molecule has 4 heteroatoms. The number of carboxylic acids is 1. The average Bonchev–Trinajstić information content (AvgIpc) is 2.74. The minimum absolute atomic E-state index is 0.249. The highest BCUT2D eigenvalue weighted by Gasteiger charge is 2.47. The predicted molar refractivity (Wildman–Crippen MR) is 64.1 cm³/mol. The van der Waals surface area contributed by atoms with E-state index < -0.39 is 5.97 Å². The summed E-state index contributed by atoms with van der Waals surface area (Å²) in [6.45, 7) is 4.37. The molecule has 0 amide bonds. The molecule has 1 aliphatic rings. The highest BCUT2D eigenvalue weighted by molar-refractivity contribution is 6.01. The zero-order chi connectivity index (χ0) is 12.2. The lowest BCUT2D eigenvalue weighted by molar-refractivity contribution is 0.0698. The lowest BCUT2D eigenvalue weighted by Crippen LogP contribution is -2.04. The van der Waals surface area contributed by atoms with Gasteiger partial charge in [0.2, 0.25) is 0 Å². The summed E-state index contributed by atoms with van der Waals surface area (Å²) in [5, 5.41) is 9.22. The fraction of sp³-hybridized carbons (Fsp3) is 0.385. The van der Waals surface area contributed by atoms with Crippen molar-refractivity contribution >= 4 is 17.0 Å². The summed E-state index contributed by atoms with van der Waals surface area (Å²) >= 11 is 0. The van der Waals surface area contributed by atoms with Gasteiger partial charge in [0.25, 0.3) is 0 Å². The maximum atomic E-state index is 11.2. The van der Waals surface area contributed by atoms with E-state index in [4.69, 9.17) is 0 Å². The first kappa shape index (κ1) is 10.3. The second-order valence-corrected chi connectivity index (χ2v) is 5.34. The Morgan fingerprint density at radius 2 is 2.24 bits per heavy atom. The lowest BCUT2D eigenvalue weighted by Gasteiger charge is -2.08. The molecule has 2 aromatic rings. The zero-order valence-electron chi connectivity index (χ0n) is 9.84. The van der Waals surface area contributed by atoms with Gasteiger partial charge in [-0.2, -0.15) is 0 Å². The number of aromatic carboxylic acids is 1. The van der Waals surface area contributed by atoms with Gasteiger partial charge >= 0.3 is 5.97 Å². The van der Waals surface area contributed by atoms with Crippen molar-refractivity contribution in [3.8, 4) is 0 Å². The molecule has 3 rings (SSSR count). The summed E-state index contributed by atoms with van der Waals surface area (Å²) in [4.78, 5) is 15.5. The normalized spacial score (nSPS) is 21.6. The van der Waals surface area contributed by atoms with E-state index in [1.54, 1.807) is 18.5 Å². The number of benzene rings is 1. The second kappa shape index (κ2) is 3.09. The molecular formula is C13H14N2O2. The molecule has 0 aliphatic heterocycles. The van der Waals surface area contributed by atoms with Crippen molar-refractivity contribution < 1.29 is 9.90 Å². The number of imidazole rings is 1. The molecule has 1 atom stereocenters. The molecule has 1 saturated carbocycles. The third-order valence-corrected chi connectivity index (χ3v) is 3.62. The number of hydrogen-bond donors (Lipinski definition) is 1. The third-order valence-electron chi connectivity index (χ3n) is 3.62. The van der Waals surface area contributed by atoms with Gasteiger partial charge in [0.1, 0.15) is 0 Å². The van der Waals surface area contributed by atoms with Crippen molar-refractivity contribution in [1.29, 1.82) is 0 Å². The Morgan fingerprint density at radius 1 is 1.53 bits per heavy atom. The van der Waals surface area contributed by atoms with Gasteiger partial charge in [-0.25, -0.2) is 9.78 Å². The summed E-state index contributed by atoms with van der Waals surface area (Å²) in [7, 11) is 0. The number of nitrogens with zero attached hydrogens (tertiary/aromatic N) is 2. The molecule has 1 aromatic heterocycles. The van der Waals surface area contributed by atoms with E-state index >= 15 is 0 Å². The molecule has 0 saturated heterocycles. The smallest absolute Gasteiger partial charge is 0.337 e. The van der Waals surface area contributed by atoms with Crippen molar-refractivity contribution in [2.24, 2.45) is 5.41 Å². The maximum Gasteiger partial charge on any atom is 0.337 e. The first-order chi connectivity index (χ1) is 8.00. The van der Waals surface area contributed by atoms with Gasteiger partial charge in [-0.1, -0.05) is 19.9 Å². The van der Waals surface area contributed by atoms with Crippen LogP contribution in [-0.2, 0) is 0 Å². The number of para-hydroxylation sites is 1. The molecule has 1 aromatic carbocycles. The van der Waals surface area contributed by atoms with E-state index in [0.717, 1.165) is 17.5 Å². The summed E-state index contributed by atoms with van der Waals surface area (Å²) in [5.41, 5.74) is 2.09. The molecule has 0 bridgehead atoms. The third kappa shape index (κ3) is 1.44. The second-order valence-electron chi connectivity index (χ2n) is 5.34. The molecule has 17 heavy (non-hydrogen) atoms. The Kier molecular flexibility index (Phi) is 1.88. The summed E-state index contributed by atoms with van der Waals surface area (Å²) in [5.74, 6) is -0.893. The van der Waals surface area contributed by atoms with Crippen molar-refractivity contribution in [3.05, 3.63) is 30.1 Å². The molecule has 4 nitrogen and oxygen atoms in total. The first-order valence-corrected chi connectivity index (χ1v) is 5.69. The minimum atomic E-state index is -0.893. The molecule has 1 fully saturated rings. The fourth-order valence-corrected chi connectivity index (χ4v) is 2.41. The van der Waals surface area contributed by atoms with Gasteiger partial charge in [-0.3, -0.25) is 0 Å². The van der Waals surface area contributed by atoms with Crippen LogP contribution in [0.1, 0.15) is 36.7 Å². The largest absolute Gasteiger partial charge is 0.478 e. The van der Waals surface area contributed by atoms with Crippen LogP contribution in [0.4, 0.5) is 0 Å². The van der Waals surface area contributed by atoms with Crippen LogP contribution in [0.25, 0.3) is 11.0 Å². The molecule has 0 spiro atoms. The van der Waals surface area contributed by atoms with Gasteiger partial charge in [-0.15, -0.1) is 0 Å². The standard InChI is InChI=1S/C13H14N2O2/c1-13(2)6-10(13)15-7-14-9-5-3-4-8(11(9)15)12(16)17/h3-5,7,10H,6H2,1-2H3,(H,16,17). The van der Waals surface area contributed by atoms with Gasteiger partial charge in [0.05, 0.1) is 22.9 Å². The number of carbonyl (C=O) groups is 1. The van der Waals surface area contributed by atoms with Crippen LogP contribution in [0, 0.1) is 5.41 Å². The molecule has 1 heterocycles. The number of hydrogen-bond acceptors (Lipinski definition) is 2. The average molecular weight is 230 g/mol. The van der Waals surface area contributed by atoms with E-state index in [-0.39, 0.29) is 5.41 Å². The van der Waals surface area contributed by atoms with Crippen LogP contribution in [0.3, 0.4) is 0 Å². The zero-order valence-corrected chi connectivity index (χ0v) is 9.84. The highest BCUT2D eigenvalue weighted by Crippen LogP contribution is 2.56. The van der Waals surface area contributed by atoms with E-state index in [1.165, 1.54) is 0 Å². The number of fused-ring (bicyclic) bond motifs is 1. The topological polar surface area (TPSA) is 55.1 Å². The van der Waals surface area contributed by atoms with Crippen LogP contribution in [0.5, 0.6) is 0 Å². The van der Waals surface area contributed by atoms with E-state index in [1.807, 2.05) is 10.6 Å². The number of rotatable bonds is 2. The molecule has 1 unspecified atom stereocenters. The molecular weight excluding hydrogens is 216 g/mol. The Bertz CT molecular complexity index is 613. The summed E-state index contributed by atoms with van der Waals surface area (Å²) in [6.07, 6.45) is 2.84. The van der Waals surface area contributed by atoms with Crippen LogP contribution in [-0.4, -0.2) is 20.6 Å². The molecule has 1 aliphatic carbocycles. The quantitative estimate of drug-likeness (QED) is 0.863. The Labute approximate surface area is 98.9 Å². The monoisotopic (exact) mass is 230 g/mol. The maximum absolute atomic E-state index is 11.2. The van der Waals surface area contributed by atoms with Crippen LogP contribution in [0.15, 0.2) is 24.5 Å². The Balaban J connectivity index is 2.23. The molecule has 0 radical (unpaired) electrons. The summed E-state index contributed by atoms with van der Waals surface area (Å²) in [6, 6.07) is 5.60. The van der Waals surface area contributed by atoms with Crippen molar-refractivity contribution in [1.82, 2.24) is 9.55 Å². The van der Waals surface area contributed by atoms with Gasteiger partial charge in [0.15, 0.2) is 0 Å².